The first-order chi connectivity index (χ1) is 4.47. The highest BCUT2D eigenvalue weighted by molar-refractivity contribution is 5.36. The van der Waals surface area contributed by atoms with Gasteiger partial charge in [-0.1, -0.05) is 12.2 Å². The van der Waals surface area contributed by atoms with Gasteiger partial charge in [0.15, 0.2) is 0 Å². The maximum absolute atomic E-state index is 2.42. The molecule has 0 heterocycles. The average molecular weight is 120 g/mol. The highest BCUT2D eigenvalue weighted by atomic mass is 14.2. The van der Waals surface area contributed by atoms with E-state index in [1.807, 2.05) is 0 Å². The second-order valence-electron chi connectivity index (χ2n) is 2.89. The summed E-state index contributed by atoms with van der Waals surface area (Å²) < 4.78 is 0. The molecule has 1 fully saturated rings. The summed E-state index contributed by atoms with van der Waals surface area (Å²) >= 11 is 0. The molecule has 2 aliphatic carbocycles. The van der Waals surface area contributed by atoms with Crippen LogP contribution in [0.25, 0.3) is 0 Å². The molecule has 0 aromatic heterocycles. The van der Waals surface area contributed by atoms with Crippen LogP contribution in [0.2, 0.25) is 0 Å². The second kappa shape index (κ2) is 2.02. The Balaban J connectivity index is 2.30. The SMILES string of the molecule is C1=C2CCCC2=CCC1. The van der Waals surface area contributed by atoms with Crippen LogP contribution in [-0.4, -0.2) is 0 Å². The van der Waals surface area contributed by atoms with E-state index >= 15 is 0 Å². The molecule has 0 heteroatoms. The topological polar surface area (TPSA) is 0 Å². The summed E-state index contributed by atoms with van der Waals surface area (Å²) in [5, 5.41) is 0. The smallest absolute Gasteiger partial charge is 0.0276 e. The highest BCUT2D eigenvalue weighted by Crippen LogP contribution is 2.33. The van der Waals surface area contributed by atoms with Crippen LogP contribution >= 0.6 is 0 Å². The summed E-state index contributed by atoms with van der Waals surface area (Å²) in [5.74, 6) is 0. The third-order valence-corrected chi connectivity index (χ3v) is 2.25. The lowest BCUT2D eigenvalue weighted by atomic mass is 10.0. The Hall–Kier alpha value is -0.520. The van der Waals surface area contributed by atoms with Crippen LogP contribution in [0.1, 0.15) is 32.1 Å². The first-order valence-corrected chi connectivity index (χ1v) is 3.85. The van der Waals surface area contributed by atoms with Crippen LogP contribution in [0.5, 0.6) is 0 Å². The molecule has 2 aliphatic rings. The van der Waals surface area contributed by atoms with Crippen LogP contribution in [0, 0.1) is 0 Å². The summed E-state index contributed by atoms with van der Waals surface area (Å²) in [5.41, 5.74) is 3.31. The van der Waals surface area contributed by atoms with Crippen LogP contribution in [0.4, 0.5) is 0 Å². The molecule has 1 saturated carbocycles. The molecule has 0 aromatic carbocycles. The summed E-state index contributed by atoms with van der Waals surface area (Å²) in [6, 6.07) is 0. The van der Waals surface area contributed by atoms with E-state index in [9.17, 15) is 0 Å². The fourth-order valence-corrected chi connectivity index (χ4v) is 1.77. The first kappa shape index (κ1) is 5.28. The van der Waals surface area contributed by atoms with Crippen molar-refractivity contribution in [3.05, 3.63) is 23.3 Å². The lowest BCUT2D eigenvalue weighted by molar-refractivity contribution is 0.932. The van der Waals surface area contributed by atoms with Gasteiger partial charge in [0.05, 0.1) is 0 Å². The second-order valence-corrected chi connectivity index (χ2v) is 2.89. The lowest BCUT2D eigenvalue weighted by Crippen LogP contribution is -1.85. The van der Waals surface area contributed by atoms with E-state index in [0.29, 0.717) is 0 Å². The van der Waals surface area contributed by atoms with Gasteiger partial charge >= 0.3 is 0 Å². The number of rotatable bonds is 0. The zero-order chi connectivity index (χ0) is 6.10. The average Bonchev–Trinajstić information content (AvgIpc) is 2.33. The van der Waals surface area contributed by atoms with Gasteiger partial charge in [0.2, 0.25) is 0 Å². The Morgan fingerprint density at radius 1 is 0.889 bits per heavy atom. The summed E-state index contributed by atoms with van der Waals surface area (Å²) in [4.78, 5) is 0. The standard InChI is InChI=1S/C9H12/c1-2-5-9-7-3-6-8(9)4-1/h4-5H,1-3,6-7H2. The van der Waals surface area contributed by atoms with Crippen LogP contribution in [0.15, 0.2) is 23.3 Å². The molecule has 2 rings (SSSR count). The van der Waals surface area contributed by atoms with E-state index in [1.54, 1.807) is 11.1 Å². The van der Waals surface area contributed by atoms with Gasteiger partial charge in [0, 0.05) is 0 Å². The molecule has 48 valence electrons. The predicted octanol–water partition coefficient (Wildman–Crippen LogP) is 2.82. The van der Waals surface area contributed by atoms with Gasteiger partial charge in [0.1, 0.15) is 0 Å². The van der Waals surface area contributed by atoms with Crippen molar-refractivity contribution in [1.82, 2.24) is 0 Å². The molecular formula is C9H12. The van der Waals surface area contributed by atoms with Gasteiger partial charge in [-0.2, -0.15) is 0 Å². The summed E-state index contributed by atoms with van der Waals surface area (Å²) in [7, 11) is 0. The fraction of sp³-hybridized carbons (Fsp3) is 0.556. The van der Waals surface area contributed by atoms with Gasteiger partial charge in [0.25, 0.3) is 0 Å². The summed E-state index contributed by atoms with van der Waals surface area (Å²) in [6.45, 7) is 0. The Morgan fingerprint density at radius 3 is 2.00 bits per heavy atom. The molecule has 0 radical (unpaired) electrons. The Bertz CT molecular complexity index is 152. The third kappa shape index (κ3) is 0.827. The molecule has 0 spiro atoms. The number of hydrogen-bond donors (Lipinski definition) is 0. The molecular weight excluding hydrogens is 108 g/mol. The number of hydrogen-bond acceptors (Lipinski definition) is 0. The Morgan fingerprint density at radius 2 is 1.44 bits per heavy atom. The first-order valence-electron chi connectivity index (χ1n) is 3.85. The van der Waals surface area contributed by atoms with E-state index in [4.69, 9.17) is 0 Å². The lowest BCUT2D eigenvalue weighted by Gasteiger charge is -2.05. The molecule has 9 heavy (non-hydrogen) atoms. The Labute approximate surface area is 56.3 Å². The minimum Gasteiger partial charge on any atom is -0.0807 e. The fourth-order valence-electron chi connectivity index (χ4n) is 1.77. The van der Waals surface area contributed by atoms with Crippen molar-refractivity contribution in [2.45, 2.75) is 32.1 Å². The van der Waals surface area contributed by atoms with Gasteiger partial charge in [-0.15, -0.1) is 0 Å². The maximum atomic E-state index is 2.42. The van der Waals surface area contributed by atoms with Gasteiger partial charge in [-0.25, -0.2) is 0 Å². The summed E-state index contributed by atoms with van der Waals surface area (Å²) in [6.07, 6.45) is 11.5. The van der Waals surface area contributed by atoms with E-state index in [2.05, 4.69) is 12.2 Å². The van der Waals surface area contributed by atoms with Crippen molar-refractivity contribution in [1.29, 1.82) is 0 Å². The molecule has 0 unspecified atom stereocenters. The molecule has 0 N–H and O–H groups in total. The van der Waals surface area contributed by atoms with Crippen LogP contribution < -0.4 is 0 Å². The van der Waals surface area contributed by atoms with Gasteiger partial charge in [-0.3, -0.25) is 0 Å². The predicted molar refractivity (Wildman–Crippen MR) is 39.3 cm³/mol. The van der Waals surface area contributed by atoms with Crippen molar-refractivity contribution in [3.63, 3.8) is 0 Å². The molecule has 0 atom stereocenters. The molecule has 0 amide bonds. The van der Waals surface area contributed by atoms with Crippen LogP contribution in [-0.2, 0) is 0 Å². The number of fused-ring (bicyclic) bond motifs is 1. The minimum atomic E-state index is 1.29. The van der Waals surface area contributed by atoms with Crippen molar-refractivity contribution in [2.75, 3.05) is 0 Å². The zero-order valence-corrected chi connectivity index (χ0v) is 5.69. The minimum absolute atomic E-state index is 1.29. The Kier molecular flexibility index (Phi) is 1.18. The van der Waals surface area contributed by atoms with Crippen molar-refractivity contribution < 1.29 is 0 Å². The zero-order valence-electron chi connectivity index (χ0n) is 5.69. The molecule has 0 saturated heterocycles. The highest BCUT2D eigenvalue weighted by Gasteiger charge is 2.13. The normalized spacial score (nSPS) is 24.9. The van der Waals surface area contributed by atoms with E-state index < -0.39 is 0 Å². The third-order valence-electron chi connectivity index (χ3n) is 2.25. The van der Waals surface area contributed by atoms with E-state index in [-0.39, 0.29) is 0 Å². The van der Waals surface area contributed by atoms with Crippen molar-refractivity contribution in [3.8, 4) is 0 Å². The van der Waals surface area contributed by atoms with Gasteiger partial charge in [-0.05, 0) is 43.3 Å². The van der Waals surface area contributed by atoms with Crippen molar-refractivity contribution in [2.24, 2.45) is 0 Å². The monoisotopic (exact) mass is 120 g/mol. The molecule has 0 bridgehead atoms. The van der Waals surface area contributed by atoms with Gasteiger partial charge < -0.3 is 0 Å². The largest absolute Gasteiger partial charge is 0.0807 e. The molecule has 0 nitrogen and oxygen atoms in total. The molecule has 0 aromatic rings. The van der Waals surface area contributed by atoms with E-state index in [0.717, 1.165) is 0 Å². The quantitative estimate of drug-likeness (QED) is 0.461. The van der Waals surface area contributed by atoms with Crippen LogP contribution in [0.3, 0.4) is 0 Å². The van der Waals surface area contributed by atoms with E-state index in [1.165, 1.54) is 32.1 Å². The van der Waals surface area contributed by atoms with Crippen molar-refractivity contribution >= 4 is 0 Å². The number of allylic oxidation sites excluding steroid dienone is 4. The molecule has 0 aliphatic heterocycles. The maximum Gasteiger partial charge on any atom is -0.0276 e.